The minimum atomic E-state index is -0.0390. The minimum absolute atomic E-state index is 0. The molecule has 0 spiro atoms. The van der Waals surface area contributed by atoms with Gasteiger partial charge in [0.25, 0.3) is 0 Å². The van der Waals surface area contributed by atoms with Crippen molar-refractivity contribution in [2.45, 2.75) is 31.7 Å². The van der Waals surface area contributed by atoms with E-state index in [1.54, 1.807) is 14.2 Å². The molecule has 0 radical (unpaired) electrons. The van der Waals surface area contributed by atoms with Crippen molar-refractivity contribution in [3.8, 4) is 11.5 Å². The molecule has 0 saturated carbocycles. The lowest BCUT2D eigenvalue weighted by molar-refractivity contribution is 0.0514. The first kappa shape index (κ1) is 26.5. The molecule has 0 aromatic heterocycles. The van der Waals surface area contributed by atoms with Crippen LogP contribution in [0.15, 0.2) is 47.5 Å². The molecule has 1 aliphatic rings. The highest BCUT2D eigenvalue weighted by molar-refractivity contribution is 14.0. The Morgan fingerprint density at radius 1 is 1.06 bits per heavy atom. The number of nitrogens with zero attached hydrogens (tertiary/aromatic N) is 1. The van der Waals surface area contributed by atoms with Gasteiger partial charge in [0.05, 0.1) is 20.8 Å². The topological polar surface area (TPSA) is 64.1 Å². The van der Waals surface area contributed by atoms with Crippen LogP contribution >= 0.6 is 35.6 Å². The molecule has 1 aliphatic heterocycles. The highest BCUT2D eigenvalue weighted by atomic mass is 127. The standard InChI is InChI=1S/C24H32ClN3O3.HI/c1-4-26-23(27-16-18-8-9-21(29-2)22(14-18)30-3)28-17-24(10-12-31-13-11-24)19-6-5-7-20(25)15-19;/h5-9,14-15H,4,10-13,16-17H2,1-3H3,(H2,26,27,28);1H. The fourth-order valence-electron chi connectivity index (χ4n) is 3.89. The Hall–Kier alpha value is -1.71. The molecular weight excluding hydrogens is 541 g/mol. The first-order valence-electron chi connectivity index (χ1n) is 10.7. The molecule has 32 heavy (non-hydrogen) atoms. The molecule has 2 aromatic carbocycles. The van der Waals surface area contributed by atoms with Crippen molar-refractivity contribution in [3.05, 3.63) is 58.6 Å². The normalized spacial score (nSPS) is 15.4. The van der Waals surface area contributed by atoms with Gasteiger partial charge in [0.2, 0.25) is 0 Å². The van der Waals surface area contributed by atoms with Crippen LogP contribution in [0, 0.1) is 0 Å². The first-order chi connectivity index (χ1) is 15.1. The maximum absolute atomic E-state index is 6.30. The number of hydrogen-bond acceptors (Lipinski definition) is 4. The molecule has 0 bridgehead atoms. The van der Waals surface area contributed by atoms with Crippen molar-refractivity contribution in [3.63, 3.8) is 0 Å². The number of methoxy groups -OCH3 is 2. The van der Waals surface area contributed by atoms with Crippen molar-refractivity contribution < 1.29 is 14.2 Å². The van der Waals surface area contributed by atoms with Crippen LogP contribution in [0.5, 0.6) is 11.5 Å². The summed E-state index contributed by atoms with van der Waals surface area (Å²) in [4.78, 5) is 4.78. The van der Waals surface area contributed by atoms with E-state index in [-0.39, 0.29) is 29.4 Å². The van der Waals surface area contributed by atoms with Crippen molar-refractivity contribution in [2.75, 3.05) is 40.5 Å². The van der Waals surface area contributed by atoms with Gasteiger partial charge in [-0.1, -0.05) is 29.8 Å². The van der Waals surface area contributed by atoms with E-state index in [1.807, 2.05) is 30.3 Å². The summed E-state index contributed by atoms with van der Waals surface area (Å²) in [6.07, 6.45) is 1.88. The first-order valence-corrected chi connectivity index (χ1v) is 11.0. The van der Waals surface area contributed by atoms with E-state index >= 15 is 0 Å². The summed E-state index contributed by atoms with van der Waals surface area (Å²) in [5, 5.41) is 7.67. The number of guanidine groups is 1. The van der Waals surface area contributed by atoms with Gasteiger partial charge in [-0.05, 0) is 55.2 Å². The van der Waals surface area contributed by atoms with Gasteiger partial charge >= 0.3 is 0 Å². The minimum Gasteiger partial charge on any atom is -0.493 e. The van der Waals surface area contributed by atoms with Gasteiger partial charge in [0.1, 0.15) is 0 Å². The maximum Gasteiger partial charge on any atom is 0.191 e. The molecule has 6 nitrogen and oxygen atoms in total. The van der Waals surface area contributed by atoms with Gasteiger partial charge in [0, 0.05) is 36.7 Å². The van der Waals surface area contributed by atoms with Crippen LogP contribution < -0.4 is 20.1 Å². The van der Waals surface area contributed by atoms with Gasteiger partial charge in [0.15, 0.2) is 17.5 Å². The Labute approximate surface area is 213 Å². The third kappa shape index (κ3) is 6.89. The van der Waals surface area contributed by atoms with E-state index in [0.717, 1.165) is 55.7 Å². The molecule has 3 rings (SSSR count). The predicted octanol–water partition coefficient (Wildman–Crippen LogP) is 4.78. The second-order valence-corrected chi connectivity index (χ2v) is 8.08. The molecule has 0 aliphatic carbocycles. The zero-order chi connectivity index (χ0) is 22.1. The van der Waals surface area contributed by atoms with E-state index < -0.39 is 0 Å². The largest absolute Gasteiger partial charge is 0.493 e. The van der Waals surface area contributed by atoms with E-state index in [2.05, 4.69) is 29.7 Å². The van der Waals surface area contributed by atoms with Crippen LogP contribution in [-0.2, 0) is 16.7 Å². The van der Waals surface area contributed by atoms with Crippen molar-refractivity contribution in [1.82, 2.24) is 10.6 Å². The maximum atomic E-state index is 6.30. The highest BCUT2D eigenvalue weighted by Gasteiger charge is 2.34. The Morgan fingerprint density at radius 2 is 1.81 bits per heavy atom. The molecule has 0 unspecified atom stereocenters. The summed E-state index contributed by atoms with van der Waals surface area (Å²) in [6.45, 7) is 5.62. The number of nitrogens with one attached hydrogen (secondary N) is 2. The lowest BCUT2D eigenvalue weighted by Crippen LogP contribution is -2.48. The second-order valence-electron chi connectivity index (χ2n) is 7.64. The fraction of sp³-hybridized carbons (Fsp3) is 0.458. The lowest BCUT2D eigenvalue weighted by atomic mass is 9.74. The van der Waals surface area contributed by atoms with Gasteiger partial charge in [-0.3, -0.25) is 0 Å². The molecule has 0 amide bonds. The summed E-state index contributed by atoms with van der Waals surface area (Å²) in [7, 11) is 3.27. The predicted molar refractivity (Wildman–Crippen MR) is 141 cm³/mol. The molecule has 176 valence electrons. The highest BCUT2D eigenvalue weighted by Crippen LogP contribution is 2.35. The smallest absolute Gasteiger partial charge is 0.191 e. The Balaban J connectivity index is 0.00000363. The SMILES string of the molecule is CCNC(=NCc1ccc(OC)c(OC)c1)NCC1(c2cccc(Cl)c2)CCOCC1.I. The third-order valence-corrected chi connectivity index (χ3v) is 5.93. The third-order valence-electron chi connectivity index (χ3n) is 5.69. The number of halogens is 2. The molecule has 2 aromatic rings. The Morgan fingerprint density at radius 3 is 2.47 bits per heavy atom. The van der Waals surface area contributed by atoms with E-state index in [4.69, 9.17) is 30.8 Å². The second kappa shape index (κ2) is 13.1. The van der Waals surface area contributed by atoms with Crippen LogP contribution in [0.2, 0.25) is 5.02 Å². The average Bonchev–Trinajstić information content (AvgIpc) is 2.81. The van der Waals surface area contributed by atoms with Gasteiger partial charge in [-0.15, -0.1) is 24.0 Å². The molecule has 1 saturated heterocycles. The molecule has 1 heterocycles. The Kier molecular flexibility index (Phi) is 10.9. The van der Waals surface area contributed by atoms with Crippen molar-refractivity contribution in [2.24, 2.45) is 4.99 Å². The number of benzene rings is 2. The van der Waals surface area contributed by atoms with Crippen LogP contribution in [0.4, 0.5) is 0 Å². The molecule has 2 N–H and O–H groups in total. The van der Waals surface area contributed by atoms with Gasteiger partial charge < -0.3 is 24.8 Å². The Bertz CT molecular complexity index is 889. The molecular formula is C24H33ClIN3O3. The summed E-state index contributed by atoms with van der Waals surface area (Å²) >= 11 is 6.30. The van der Waals surface area contributed by atoms with E-state index in [9.17, 15) is 0 Å². The number of ether oxygens (including phenoxy) is 3. The monoisotopic (exact) mass is 573 g/mol. The zero-order valence-corrected chi connectivity index (χ0v) is 22.0. The van der Waals surface area contributed by atoms with Crippen LogP contribution in [0.3, 0.4) is 0 Å². The van der Waals surface area contributed by atoms with Crippen LogP contribution in [0.1, 0.15) is 30.9 Å². The summed E-state index contributed by atoms with van der Waals surface area (Å²) in [5.74, 6) is 2.20. The summed E-state index contributed by atoms with van der Waals surface area (Å²) in [6, 6.07) is 14.0. The zero-order valence-electron chi connectivity index (χ0n) is 18.9. The number of rotatable bonds is 8. The van der Waals surface area contributed by atoms with Gasteiger partial charge in [-0.25, -0.2) is 4.99 Å². The lowest BCUT2D eigenvalue weighted by Gasteiger charge is -2.38. The number of aliphatic imine (C=N–C) groups is 1. The average molecular weight is 574 g/mol. The molecule has 0 atom stereocenters. The van der Waals surface area contributed by atoms with Gasteiger partial charge in [-0.2, -0.15) is 0 Å². The molecule has 8 heteroatoms. The van der Waals surface area contributed by atoms with Crippen LogP contribution in [-0.4, -0.2) is 46.5 Å². The van der Waals surface area contributed by atoms with Crippen LogP contribution in [0.25, 0.3) is 0 Å². The van der Waals surface area contributed by atoms with E-state index in [1.165, 1.54) is 5.56 Å². The van der Waals surface area contributed by atoms with Crippen molar-refractivity contribution >= 4 is 41.5 Å². The quantitative estimate of drug-likeness (QED) is 0.270. The van der Waals surface area contributed by atoms with E-state index in [0.29, 0.717) is 18.0 Å². The molecule has 1 fully saturated rings. The summed E-state index contributed by atoms with van der Waals surface area (Å²) < 4.78 is 16.4. The fourth-order valence-corrected chi connectivity index (χ4v) is 4.08. The summed E-state index contributed by atoms with van der Waals surface area (Å²) in [5.41, 5.74) is 2.25. The number of hydrogen-bond donors (Lipinski definition) is 2. The van der Waals surface area contributed by atoms with Crippen molar-refractivity contribution in [1.29, 1.82) is 0 Å².